The van der Waals surface area contributed by atoms with Gasteiger partial charge >= 0.3 is 0 Å². The molecule has 6 heteroatoms. The second-order valence-electron chi connectivity index (χ2n) is 5.98. The van der Waals surface area contributed by atoms with E-state index in [1.54, 1.807) is 12.3 Å². The lowest BCUT2D eigenvalue weighted by Gasteiger charge is -2.32. The average molecular weight is 322 g/mol. The van der Waals surface area contributed by atoms with Crippen LogP contribution in [0.4, 0.5) is 0 Å². The van der Waals surface area contributed by atoms with Gasteiger partial charge in [-0.05, 0) is 18.9 Å². The molecule has 0 aliphatic carbocycles. The van der Waals surface area contributed by atoms with Crippen molar-refractivity contribution in [3.8, 4) is 11.3 Å². The Balaban J connectivity index is 1.50. The standard InChI is InChI=1S/C18H18N4O2/c23-18(16-12-17(24-20-16)14-6-2-1-3-7-14)21-10-4-8-15(13-21)22-11-5-9-19-22/h1-3,5-7,9,11-12,15H,4,8,10,13H2/t15-/m0/s1. The van der Waals surface area contributed by atoms with Crippen LogP contribution in [0.15, 0.2) is 59.4 Å². The number of carbonyl (C=O) groups is 1. The van der Waals surface area contributed by atoms with E-state index in [-0.39, 0.29) is 11.9 Å². The first kappa shape index (κ1) is 14.7. The van der Waals surface area contributed by atoms with E-state index in [9.17, 15) is 4.79 Å². The number of benzene rings is 1. The Hall–Kier alpha value is -2.89. The Morgan fingerprint density at radius 2 is 2.08 bits per heavy atom. The van der Waals surface area contributed by atoms with E-state index in [2.05, 4.69) is 10.3 Å². The van der Waals surface area contributed by atoms with Gasteiger partial charge in [-0.2, -0.15) is 5.10 Å². The van der Waals surface area contributed by atoms with Crippen LogP contribution in [-0.2, 0) is 0 Å². The number of hydrogen-bond donors (Lipinski definition) is 0. The Bertz CT molecular complexity index is 811. The predicted octanol–water partition coefficient (Wildman–Crippen LogP) is 3.02. The highest BCUT2D eigenvalue weighted by Gasteiger charge is 2.27. The molecule has 4 rings (SSSR count). The fraction of sp³-hybridized carbons (Fsp3) is 0.278. The van der Waals surface area contributed by atoms with Gasteiger partial charge in [0, 0.05) is 37.1 Å². The Morgan fingerprint density at radius 3 is 2.88 bits per heavy atom. The molecule has 1 aromatic carbocycles. The molecule has 0 saturated carbocycles. The number of nitrogens with zero attached hydrogens (tertiary/aromatic N) is 4. The van der Waals surface area contributed by atoms with Crippen LogP contribution < -0.4 is 0 Å². The second kappa shape index (κ2) is 6.31. The van der Waals surface area contributed by atoms with Crippen molar-refractivity contribution >= 4 is 5.91 Å². The van der Waals surface area contributed by atoms with Crippen molar-refractivity contribution in [3.05, 3.63) is 60.6 Å². The molecule has 122 valence electrons. The van der Waals surface area contributed by atoms with Gasteiger partial charge in [-0.1, -0.05) is 35.5 Å². The minimum atomic E-state index is -0.0854. The highest BCUT2D eigenvalue weighted by molar-refractivity contribution is 5.93. The molecule has 0 N–H and O–H groups in total. The predicted molar refractivity (Wildman–Crippen MR) is 88.3 cm³/mol. The summed E-state index contributed by atoms with van der Waals surface area (Å²) >= 11 is 0. The van der Waals surface area contributed by atoms with E-state index in [0.717, 1.165) is 24.9 Å². The number of piperidine rings is 1. The molecule has 0 spiro atoms. The van der Waals surface area contributed by atoms with Crippen molar-refractivity contribution in [1.82, 2.24) is 19.8 Å². The first-order chi connectivity index (χ1) is 11.8. The van der Waals surface area contributed by atoms with E-state index in [1.807, 2.05) is 52.2 Å². The Labute approximate surface area is 139 Å². The minimum Gasteiger partial charge on any atom is -0.355 e. The number of rotatable bonds is 3. The summed E-state index contributed by atoms with van der Waals surface area (Å²) in [6.07, 6.45) is 5.70. The smallest absolute Gasteiger partial charge is 0.276 e. The van der Waals surface area contributed by atoms with Gasteiger partial charge in [-0.15, -0.1) is 0 Å². The van der Waals surface area contributed by atoms with E-state index >= 15 is 0 Å². The van der Waals surface area contributed by atoms with Gasteiger partial charge in [0.15, 0.2) is 11.5 Å². The Morgan fingerprint density at radius 1 is 1.21 bits per heavy atom. The van der Waals surface area contributed by atoms with Crippen molar-refractivity contribution in [1.29, 1.82) is 0 Å². The van der Waals surface area contributed by atoms with Crippen molar-refractivity contribution in [2.75, 3.05) is 13.1 Å². The molecular weight excluding hydrogens is 304 g/mol. The number of carbonyl (C=O) groups excluding carboxylic acids is 1. The molecule has 0 radical (unpaired) electrons. The fourth-order valence-electron chi connectivity index (χ4n) is 3.13. The molecule has 1 amide bonds. The summed E-state index contributed by atoms with van der Waals surface area (Å²) in [5.74, 6) is 0.525. The summed E-state index contributed by atoms with van der Waals surface area (Å²) < 4.78 is 7.27. The van der Waals surface area contributed by atoms with Crippen LogP contribution in [0.25, 0.3) is 11.3 Å². The lowest BCUT2D eigenvalue weighted by Crippen LogP contribution is -2.41. The van der Waals surface area contributed by atoms with E-state index in [1.165, 1.54) is 0 Å². The van der Waals surface area contributed by atoms with Crippen molar-refractivity contribution in [2.24, 2.45) is 0 Å². The zero-order valence-corrected chi connectivity index (χ0v) is 13.2. The van der Waals surface area contributed by atoms with Crippen molar-refractivity contribution < 1.29 is 9.32 Å². The lowest BCUT2D eigenvalue weighted by atomic mass is 10.1. The third-order valence-electron chi connectivity index (χ3n) is 4.37. The molecule has 24 heavy (non-hydrogen) atoms. The molecular formula is C18H18N4O2. The molecule has 1 saturated heterocycles. The fourth-order valence-corrected chi connectivity index (χ4v) is 3.13. The number of likely N-dealkylation sites (tertiary alicyclic amines) is 1. The zero-order chi connectivity index (χ0) is 16.4. The lowest BCUT2D eigenvalue weighted by molar-refractivity contribution is 0.0662. The van der Waals surface area contributed by atoms with Gasteiger partial charge in [0.1, 0.15) is 0 Å². The first-order valence-electron chi connectivity index (χ1n) is 8.12. The molecule has 0 unspecified atom stereocenters. The number of hydrogen-bond acceptors (Lipinski definition) is 4. The number of aromatic nitrogens is 3. The summed E-state index contributed by atoms with van der Waals surface area (Å²) in [5, 5.41) is 8.26. The Kier molecular flexibility index (Phi) is 3.86. The van der Waals surface area contributed by atoms with E-state index in [0.29, 0.717) is 18.0 Å². The van der Waals surface area contributed by atoms with Crippen molar-refractivity contribution in [3.63, 3.8) is 0 Å². The van der Waals surface area contributed by atoms with Crippen LogP contribution in [0.2, 0.25) is 0 Å². The molecule has 3 aromatic rings. The summed E-state index contributed by atoms with van der Waals surface area (Å²) in [6.45, 7) is 1.39. The van der Waals surface area contributed by atoms with Gasteiger partial charge in [-0.3, -0.25) is 9.48 Å². The molecule has 1 aliphatic rings. The van der Waals surface area contributed by atoms with Gasteiger partial charge in [0.05, 0.1) is 6.04 Å². The van der Waals surface area contributed by atoms with E-state index < -0.39 is 0 Å². The van der Waals surface area contributed by atoms with E-state index in [4.69, 9.17) is 4.52 Å². The van der Waals surface area contributed by atoms with Gasteiger partial charge in [0.2, 0.25) is 0 Å². The molecule has 1 aliphatic heterocycles. The van der Waals surface area contributed by atoms with Gasteiger partial charge < -0.3 is 9.42 Å². The summed E-state index contributed by atoms with van der Waals surface area (Å²) in [6, 6.07) is 13.5. The molecule has 1 fully saturated rings. The maximum atomic E-state index is 12.7. The monoisotopic (exact) mass is 322 g/mol. The van der Waals surface area contributed by atoms with Gasteiger partial charge in [-0.25, -0.2) is 0 Å². The third-order valence-corrected chi connectivity index (χ3v) is 4.37. The topological polar surface area (TPSA) is 64.2 Å². The number of amides is 1. The van der Waals surface area contributed by atoms with Gasteiger partial charge in [0.25, 0.3) is 5.91 Å². The first-order valence-corrected chi connectivity index (χ1v) is 8.12. The molecule has 0 bridgehead atoms. The van der Waals surface area contributed by atoms with Crippen LogP contribution in [0.5, 0.6) is 0 Å². The average Bonchev–Trinajstić information content (AvgIpc) is 3.34. The summed E-state index contributed by atoms with van der Waals surface area (Å²) in [5.41, 5.74) is 1.27. The van der Waals surface area contributed by atoms with Crippen molar-refractivity contribution in [2.45, 2.75) is 18.9 Å². The summed E-state index contributed by atoms with van der Waals surface area (Å²) in [4.78, 5) is 14.6. The highest BCUT2D eigenvalue weighted by Crippen LogP contribution is 2.24. The van der Waals surface area contributed by atoms with Crippen LogP contribution in [0, 0.1) is 0 Å². The molecule has 2 aromatic heterocycles. The maximum Gasteiger partial charge on any atom is 0.276 e. The van der Waals surface area contributed by atoms with Crippen LogP contribution in [0.3, 0.4) is 0 Å². The normalized spacial score (nSPS) is 17.8. The third kappa shape index (κ3) is 2.82. The SMILES string of the molecule is O=C(c1cc(-c2ccccc2)on1)N1CCC[C@H](n2cccn2)C1. The highest BCUT2D eigenvalue weighted by atomic mass is 16.5. The molecule has 1 atom stereocenters. The zero-order valence-electron chi connectivity index (χ0n) is 13.2. The van der Waals surface area contributed by atoms with Crippen LogP contribution in [-0.4, -0.2) is 38.8 Å². The minimum absolute atomic E-state index is 0.0854. The molecule has 6 nitrogen and oxygen atoms in total. The van der Waals surface area contributed by atoms with Crippen LogP contribution in [0.1, 0.15) is 29.4 Å². The van der Waals surface area contributed by atoms with Crippen LogP contribution >= 0.6 is 0 Å². The summed E-state index contributed by atoms with van der Waals surface area (Å²) in [7, 11) is 0. The maximum absolute atomic E-state index is 12.7. The quantitative estimate of drug-likeness (QED) is 0.743. The largest absolute Gasteiger partial charge is 0.355 e. The molecule has 3 heterocycles. The second-order valence-corrected chi connectivity index (χ2v) is 5.98.